The first-order chi connectivity index (χ1) is 9.25. The Balaban J connectivity index is 2.15. The van der Waals surface area contributed by atoms with Crippen LogP contribution in [0.4, 0.5) is 0 Å². The second-order valence-corrected chi connectivity index (χ2v) is 4.40. The minimum atomic E-state index is -0.219. The van der Waals surface area contributed by atoms with Crippen molar-refractivity contribution in [3.8, 4) is 0 Å². The van der Waals surface area contributed by atoms with Gasteiger partial charge in [0.25, 0.3) is 0 Å². The lowest BCUT2D eigenvalue weighted by Gasteiger charge is -2.04. The molecule has 3 aromatic rings. The largest absolute Gasteiger partial charge is 0.287 e. The summed E-state index contributed by atoms with van der Waals surface area (Å²) in [6, 6.07) is 16.2. The third kappa shape index (κ3) is 2.20. The van der Waals surface area contributed by atoms with E-state index in [2.05, 4.69) is 9.97 Å². The Labute approximate surface area is 114 Å². The Hall–Kier alpha value is -2.26. The number of hydrogen-bond donors (Lipinski definition) is 0. The van der Waals surface area contributed by atoms with Gasteiger partial charge in [-0.25, -0.2) is 9.97 Å². The van der Waals surface area contributed by atoms with Crippen LogP contribution >= 0.6 is 11.6 Å². The summed E-state index contributed by atoms with van der Waals surface area (Å²) in [5.74, 6) is -0.219. The normalized spacial score (nSPS) is 10.6. The third-order valence-electron chi connectivity index (χ3n) is 2.78. The maximum absolute atomic E-state index is 12.3. The van der Waals surface area contributed by atoms with E-state index >= 15 is 0 Å². The molecule has 3 nitrogen and oxygen atoms in total. The van der Waals surface area contributed by atoms with E-state index in [1.54, 1.807) is 30.3 Å². The smallest absolute Gasteiger partial charge is 0.214 e. The molecule has 0 fully saturated rings. The van der Waals surface area contributed by atoms with Gasteiger partial charge in [0, 0.05) is 5.56 Å². The summed E-state index contributed by atoms with van der Waals surface area (Å²) in [6.45, 7) is 0. The number of carbonyl (C=O) groups is 1. The van der Waals surface area contributed by atoms with E-state index < -0.39 is 0 Å². The lowest BCUT2D eigenvalue weighted by molar-refractivity contribution is 0.103. The number of ketones is 1. The van der Waals surface area contributed by atoms with Gasteiger partial charge in [-0.3, -0.25) is 4.79 Å². The van der Waals surface area contributed by atoms with Crippen molar-refractivity contribution < 1.29 is 4.79 Å². The predicted octanol–water partition coefficient (Wildman–Crippen LogP) is 3.51. The van der Waals surface area contributed by atoms with Crippen LogP contribution in [0.15, 0.2) is 54.6 Å². The highest BCUT2D eigenvalue weighted by Gasteiger charge is 2.16. The van der Waals surface area contributed by atoms with Gasteiger partial charge in [0.15, 0.2) is 5.15 Å². The number of nitrogens with zero attached hydrogens (tertiary/aromatic N) is 2. The number of benzene rings is 2. The van der Waals surface area contributed by atoms with Crippen molar-refractivity contribution in [2.75, 3.05) is 0 Å². The average Bonchev–Trinajstić information content (AvgIpc) is 2.47. The average molecular weight is 269 g/mol. The van der Waals surface area contributed by atoms with E-state index in [4.69, 9.17) is 11.6 Å². The molecule has 0 spiro atoms. The highest BCUT2D eigenvalue weighted by atomic mass is 35.5. The van der Waals surface area contributed by atoms with Gasteiger partial charge >= 0.3 is 0 Å². The van der Waals surface area contributed by atoms with Crippen LogP contribution in [0.2, 0.25) is 5.15 Å². The van der Waals surface area contributed by atoms with E-state index in [9.17, 15) is 4.79 Å². The first kappa shape index (κ1) is 11.8. The van der Waals surface area contributed by atoms with Crippen molar-refractivity contribution >= 4 is 28.4 Å². The molecule has 92 valence electrons. The first-order valence-corrected chi connectivity index (χ1v) is 6.15. The number of rotatable bonds is 2. The minimum Gasteiger partial charge on any atom is -0.287 e. The maximum Gasteiger partial charge on any atom is 0.214 e. The molecular weight excluding hydrogens is 260 g/mol. The Morgan fingerprint density at radius 2 is 1.42 bits per heavy atom. The Morgan fingerprint density at radius 3 is 2.11 bits per heavy atom. The molecule has 0 aliphatic heterocycles. The van der Waals surface area contributed by atoms with Gasteiger partial charge in [0.05, 0.1) is 11.0 Å². The first-order valence-electron chi connectivity index (χ1n) is 5.78. The van der Waals surface area contributed by atoms with Crippen LogP contribution in [-0.4, -0.2) is 15.8 Å². The van der Waals surface area contributed by atoms with Crippen LogP contribution in [0.1, 0.15) is 16.1 Å². The molecule has 0 saturated heterocycles. The number of para-hydroxylation sites is 2. The Bertz CT molecular complexity index is 756. The van der Waals surface area contributed by atoms with E-state index in [1.165, 1.54) is 0 Å². The summed E-state index contributed by atoms with van der Waals surface area (Å²) in [6.07, 6.45) is 0. The SMILES string of the molecule is O=C(c1ccccc1)c1nc2ccccc2nc1Cl. The molecule has 1 aromatic heterocycles. The van der Waals surface area contributed by atoms with Crippen molar-refractivity contribution in [3.63, 3.8) is 0 Å². The van der Waals surface area contributed by atoms with Crippen LogP contribution in [0.3, 0.4) is 0 Å². The van der Waals surface area contributed by atoms with E-state index in [1.807, 2.05) is 24.3 Å². The quantitative estimate of drug-likeness (QED) is 0.668. The molecule has 19 heavy (non-hydrogen) atoms. The van der Waals surface area contributed by atoms with Crippen LogP contribution in [0.25, 0.3) is 11.0 Å². The fraction of sp³-hybridized carbons (Fsp3) is 0. The highest BCUT2D eigenvalue weighted by molar-refractivity contribution is 6.33. The van der Waals surface area contributed by atoms with Crippen LogP contribution < -0.4 is 0 Å². The number of hydrogen-bond acceptors (Lipinski definition) is 3. The van der Waals surface area contributed by atoms with Gasteiger partial charge in [0.1, 0.15) is 5.69 Å². The van der Waals surface area contributed by atoms with E-state index in [0.29, 0.717) is 16.6 Å². The molecule has 0 N–H and O–H groups in total. The van der Waals surface area contributed by atoms with Gasteiger partial charge in [-0.15, -0.1) is 0 Å². The molecule has 0 radical (unpaired) electrons. The zero-order chi connectivity index (χ0) is 13.2. The molecular formula is C15H9ClN2O. The summed E-state index contributed by atoms with van der Waals surface area (Å²) in [5.41, 5.74) is 2.07. The number of carbonyl (C=O) groups excluding carboxylic acids is 1. The van der Waals surface area contributed by atoms with Gasteiger partial charge in [-0.2, -0.15) is 0 Å². The molecule has 0 aliphatic rings. The zero-order valence-electron chi connectivity index (χ0n) is 9.88. The standard InChI is InChI=1S/C15H9ClN2O/c16-15-13(14(19)10-6-2-1-3-7-10)17-11-8-4-5-9-12(11)18-15/h1-9H. The Kier molecular flexibility index (Phi) is 2.97. The monoisotopic (exact) mass is 268 g/mol. The van der Waals surface area contributed by atoms with Crippen LogP contribution in [-0.2, 0) is 0 Å². The topological polar surface area (TPSA) is 42.9 Å². The van der Waals surface area contributed by atoms with Crippen molar-refractivity contribution in [2.45, 2.75) is 0 Å². The van der Waals surface area contributed by atoms with Gasteiger partial charge in [-0.05, 0) is 12.1 Å². The molecule has 0 amide bonds. The van der Waals surface area contributed by atoms with Crippen molar-refractivity contribution in [2.24, 2.45) is 0 Å². The van der Waals surface area contributed by atoms with Crippen molar-refractivity contribution in [3.05, 3.63) is 71.0 Å². The summed E-state index contributed by atoms with van der Waals surface area (Å²) in [7, 11) is 0. The molecule has 4 heteroatoms. The van der Waals surface area contributed by atoms with Gasteiger partial charge in [-0.1, -0.05) is 54.1 Å². The molecule has 3 rings (SSSR count). The lowest BCUT2D eigenvalue weighted by Crippen LogP contribution is -2.06. The highest BCUT2D eigenvalue weighted by Crippen LogP contribution is 2.19. The summed E-state index contributed by atoms with van der Waals surface area (Å²) >= 11 is 6.05. The van der Waals surface area contributed by atoms with E-state index in [0.717, 1.165) is 0 Å². The third-order valence-corrected chi connectivity index (χ3v) is 3.04. The second kappa shape index (κ2) is 4.78. The molecule has 2 aromatic carbocycles. The number of fused-ring (bicyclic) bond motifs is 1. The molecule has 1 heterocycles. The summed E-state index contributed by atoms with van der Waals surface area (Å²) in [4.78, 5) is 20.8. The van der Waals surface area contributed by atoms with Crippen molar-refractivity contribution in [1.29, 1.82) is 0 Å². The Morgan fingerprint density at radius 1 is 0.842 bits per heavy atom. The predicted molar refractivity (Wildman–Crippen MR) is 74.4 cm³/mol. The fourth-order valence-electron chi connectivity index (χ4n) is 1.85. The van der Waals surface area contributed by atoms with Gasteiger partial charge < -0.3 is 0 Å². The molecule has 0 atom stereocenters. The summed E-state index contributed by atoms with van der Waals surface area (Å²) in [5, 5.41) is 0.132. The van der Waals surface area contributed by atoms with Gasteiger partial charge in [0.2, 0.25) is 5.78 Å². The number of halogens is 1. The van der Waals surface area contributed by atoms with Crippen molar-refractivity contribution in [1.82, 2.24) is 9.97 Å². The second-order valence-electron chi connectivity index (χ2n) is 4.05. The maximum atomic E-state index is 12.3. The molecule has 0 bridgehead atoms. The molecule has 0 unspecified atom stereocenters. The van der Waals surface area contributed by atoms with E-state index in [-0.39, 0.29) is 16.6 Å². The lowest BCUT2D eigenvalue weighted by atomic mass is 10.1. The van der Waals surface area contributed by atoms with Crippen LogP contribution in [0, 0.1) is 0 Å². The van der Waals surface area contributed by atoms with Crippen LogP contribution in [0.5, 0.6) is 0 Å². The fourth-order valence-corrected chi connectivity index (χ4v) is 2.07. The molecule has 0 aliphatic carbocycles. The minimum absolute atomic E-state index is 0.132. The number of aromatic nitrogens is 2. The summed E-state index contributed by atoms with van der Waals surface area (Å²) < 4.78 is 0. The zero-order valence-corrected chi connectivity index (χ0v) is 10.6. The molecule has 0 saturated carbocycles.